The summed E-state index contributed by atoms with van der Waals surface area (Å²) in [6, 6.07) is 9.29. The van der Waals surface area contributed by atoms with Gasteiger partial charge in [0.1, 0.15) is 5.75 Å². The number of nitrogens with zero attached hydrogens (tertiary/aromatic N) is 3. The smallest absolute Gasteiger partial charge is 0.317 e. The minimum absolute atomic E-state index is 0.00786. The lowest BCUT2D eigenvalue weighted by molar-refractivity contribution is 0.181. The van der Waals surface area contributed by atoms with Crippen LogP contribution in [0.15, 0.2) is 42.7 Å². The Morgan fingerprint density at radius 2 is 2.13 bits per heavy atom. The second-order valence-electron chi connectivity index (χ2n) is 5.86. The fourth-order valence-corrected chi connectivity index (χ4v) is 3.02. The molecule has 0 radical (unpaired) electrons. The molecule has 6 heteroatoms. The number of piperidine rings is 1. The maximum atomic E-state index is 12.2. The maximum absolute atomic E-state index is 12.2. The van der Waals surface area contributed by atoms with E-state index in [0.29, 0.717) is 24.8 Å². The molecule has 1 saturated heterocycles. The van der Waals surface area contributed by atoms with Gasteiger partial charge in [-0.3, -0.25) is 4.68 Å². The molecule has 1 fully saturated rings. The SMILES string of the molecule is O=C(NCCn1cccn1)N1CCC(c2cccc(O)c2)CC1. The number of urea groups is 1. The first-order valence-corrected chi connectivity index (χ1v) is 8.01. The standard InChI is InChI=1S/C17H22N4O2/c22-16-4-1-3-15(13-16)14-5-10-20(11-6-14)17(23)18-8-12-21-9-2-7-19-21/h1-4,7,9,13-14,22H,5-6,8,10-12H2,(H,18,23). The zero-order valence-electron chi connectivity index (χ0n) is 13.1. The third kappa shape index (κ3) is 4.03. The number of likely N-dealkylation sites (tertiary alicyclic amines) is 1. The average molecular weight is 314 g/mol. The molecule has 6 nitrogen and oxygen atoms in total. The van der Waals surface area contributed by atoms with Gasteiger partial charge in [-0.1, -0.05) is 12.1 Å². The number of phenols is 1. The topological polar surface area (TPSA) is 70.4 Å². The van der Waals surface area contributed by atoms with Crippen molar-refractivity contribution in [3.8, 4) is 5.75 Å². The molecule has 0 atom stereocenters. The molecule has 3 rings (SSSR count). The molecule has 0 aliphatic carbocycles. The van der Waals surface area contributed by atoms with E-state index in [4.69, 9.17) is 0 Å². The summed E-state index contributed by atoms with van der Waals surface area (Å²) in [5.74, 6) is 0.719. The molecule has 23 heavy (non-hydrogen) atoms. The summed E-state index contributed by atoms with van der Waals surface area (Å²) in [5, 5.41) is 16.6. The Kier molecular flexibility index (Phi) is 4.80. The first-order chi connectivity index (χ1) is 11.2. The van der Waals surface area contributed by atoms with Crippen LogP contribution in [-0.4, -0.2) is 45.5 Å². The Hall–Kier alpha value is -2.50. The van der Waals surface area contributed by atoms with Crippen molar-refractivity contribution in [2.45, 2.75) is 25.3 Å². The number of hydrogen-bond acceptors (Lipinski definition) is 3. The molecule has 1 aromatic heterocycles. The van der Waals surface area contributed by atoms with Crippen molar-refractivity contribution in [2.24, 2.45) is 0 Å². The summed E-state index contributed by atoms with van der Waals surface area (Å²) < 4.78 is 1.80. The number of aromatic nitrogens is 2. The molecule has 0 bridgehead atoms. The van der Waals surface area contributed by atoms with Crippen molar-refractivity contribution in [3.63, 3.8) is 0 Å². The van der Waals surface area contributed by atoms with Crippen LogP contribution in [0.2, 0.25) is 0 Å². The fraction of sp³-hybridized carbons (Fsp3) is 0.412. The molecular formula is C17H22N4O2. The summed E-state index contributed by atoms with van der Waals surface area (Å²) in [4.78, 5) is 14.0. The maximum Gasteiger partial charge on any atom is 0.317 e. The second-order valence-corrected chi connectivity index (χ2v) is 5.86. The predicted octanol–water partition coefficient (Wildman–Crippen LogP) is 2.18. The number of hydrogen-bond donors (Lipinski definition) is 2. The summed E-state index contributed by atoms with van der Waals surface area (Å²) in [7, 11) is 0. The van der Waals surface area contributed by atoms with Crippen LogP contribution in [0.1, 0.15) is 24.3 Å². The van der Waals surface area contributed by atoms with Crippen LogP contribution in [-0.2, 0) is 6.54 Å². The lowest BCUT2D eigenvalue weighted by atomic mass is 9.89. The largest absolute Gasteiger partial charge is 0.508 e. The first-order valence-electron chi connectivity index (χ1n) is 8.01. The van der Waals surface area contributed by atoms with E-state index < -0.39 is 0 Å². The molecule has 2 N–H and O–H groups in total. The summed E-state index contributed by atoms with van der Waals surface area (Å²) in [6.45, 7) is 2.74. The predicted molar refractivity (Wildman–Crippen MR) is 87.3 cm³/mol. The number of phenolic OH excluding ortho intramolecular Hbond substituents is 1. The average Bonchev–Trinajstić information content (AvgIpc) is 3.08. The van der Waals surface area contributed by atoms with Gasteiger partial charge in [-0.25, -0.2) is 4.79 Å². The number of aromatic hydroxyl groups is 1. The highest BCUT2D eigenvalue weighted by Crippen LogP contribution is 2.29. The molecular weight excluding hydrogens is 292 g/mol. The van der Waals surface area contributed by atoms with E-state index in [2.05, 4.69) is 10.4 Å². The van der Waals surface area contributed by atoms with Crippen molar-refractivity contribution in [2.75, 3.05) is 19.6 Å². The van der Waals surface area contributed by atoms with Crippen LogP contribution >= 0.6 is 0 Å². The van der Waals surface area contributed by atoms with E-state index in [1.807, 2.05) is 35.4 Å². The zero-order chi connectivity index (χ0) is 16.1. The van der Waals surface area contributed by atoms with Crippen molar-refractivity contribution in [1.29, 1.82) is 0 Å². The summed E-state index contributed by atoms with van der Waals surface area (Å²) in [5.41, 5.74) is 1.16. The molecule has 0 unspecified atom stereocenters. The van der Waals surface area contributed by atoms with E-state index in [1.165, 1.54) is 0 Å². The van der Waals surface area contributed by atoms with Gasteiger partial charge in [0.05, 0.1) is 6.54 Å². The van der Waals surface area contributed by atoms with Crippen molar-refractivity contribution >= 4 is 6.03 Å². The first kappa shape index (κ1) is 15.4. The monoisotopic (exact) mass is 314 g/mol. The Balaban J connectivity index is 1.44. The Morgan fingerprint density at radius 3 is 2.83 bits per heavy atom. The second kappa shape index (κ2) is 7.17. The van der Waals surface area contributed by atoms with Gasteiger partial charge in [-0.05, 0) is 42.5 Å². The van der Waals surface area contributed by atoms with Crippen LogP contribution in [0.3, 0.4) is 0 Å². The van der Waals surface area contributed by atoms with Gasteiger partial charge in [-0.2, -0.15) is 5.10 Å². The lowest BCUT2D eigenvalue weighted by Gasteiger charge is -2.32. The van der Waals surface area contributed by atoms with E-state index in [0.717, 1.165) is 31.5 Å². The number of nitrogens with one attached hydrogen (secondary N) is 1. The minimum atomic E-state index is -0.00786. The highest BCUT2D eigenvalue weighted by molar-refractivity contribution is 5.74. The highest BCUT2D eigenvalue weighted by atomic mass is 16.3. The van der Waals surface area contributed by atoms with Gasteiger partial charge in [0.15, 0.2) is 0 Å². The van der Waals surface area contributed by atoms with Crippen LogP contribution in [0.25, 0.3) is 0 Å². The zero-order valence-corrected chi connectivity index (χ0v) is 13.1. The normalized spacial score (nSPS) is 15.6. The van der Waals surface area contributed by atoms with Gasteiger partial charge in [0.25, 0.3) is 0 Å². The van der Waals surface area contributed by atoms with E-state index in [-0.39, 0.29) is 6.03 Å². The highest BCUT2D eigenvalue weighted by Gasteiger charge is 2.23. The van der Waals surface area contributed by atoms with Crippen LogP contribution < -0.4 is 5.32 Å². The number of benzene rings is 1. The van der Waals surface area contributed by atoms with Gasteiger partial charge < -0.3 is 15.3 Å². The van der Waals surface area contributed by atoms with E-state index >= 15 is 0 Å². The van der Waals surface area contributed by atoms with Crippen LogP contribution in [0.5, 0.6) is 5.75 Å². The van der Waals surface area contributed by atoms with E-state index in [1.54, 1.807) is 16.9 Å². The molecule has 122 valence electrons. The third-order valence-corrected chi connectivity index (χ3v) is 4.30. The van der Waals surface area contributed by atoms with E-state index in [9.17, 15) is 9.90 Å². The number of carbonyl (C=O) groups is 1. The fourth-order valence-electron chi connectivity index (χ4n) is 3.02. The van der Waals surface area contributed by atoms with Gasteiger partial charge >= 0.3 is 6.03 Å². The van der Waals surface area contributed by atoms with Crippen molar-refractivity contribution in [3.05, 3.63) is 48.3 Å². The molecule has 0 saturated carbocycles. The number of carbonyl (C=O) groups excluding carboxylic acids is 1. The van der Waals surface area contributed by atoms with Crippen molar-refractivity contribution < 1.29 is 9.90 Å². The molecule has 2 amide bonds. The van der Waals surface area contributed by atoms with Crippen LogP contribution in [0, 0.1) is 0 Å². The third-order valence-electron chi connectivity index (χ3n) is 4.30. The Bertz CT molecular complexity index is 634. The molecule has 0 spiro atoms. The molecule has 1 aliphatic rings. The quantitative estimate of drug-likeness (QED) is 0.908. The minimum Gasteiger partial charge on any atom is -0.508 e. The van der Waals surface area contributed by atoms with Crippen LogP contribution in [0.4, 0.5) is 4.79 Å². The molecule has 2 heterocycles. The van der Waals surface area contributed by atoms with Crippen molar-refractivity contribution in [1.82, 2.24) is 20.0 Å². The van der Waals surface area contributed by atoms with Gasteiger partial charge in [0.2, 0.25) is 0 Å². The summed E-state index contributed by atoms with van der Waals surface area (Å²) in [6.07, 6.45) is 5.47. The Morgan fingerprint density at radius 1 is 1.30 bits per heavy atom. The summed E-state index contributed by atoms with van der Waals surface area (Å²) >= 11 is 0. The molecule has 1 aliphatic heterocycles. The van der Waals surface area contributed by atoms with Gasteiger partial charge in [-0.15, -0.1) is 0 Å². The molecule has 1 aromatic carbocycles. The number of amides is 2. The van der Waals surface area contributed by atoms with Gasteiger partial charge in [0, 0.05) is 32.0 Å². The Labute approximate surface area is 135 Å². The lowest BCUT2D eigenvalue weighted by Crippen LogP contribution is -2.44. The number of rotatable bonds is 4. The molecule has 2 aromatic rings.